The number of benzene rings is 1. The summed E-state index contributed by atoms with van der Waals surface area (Å²) in [7, 11) is 0. The fourth-order valence-electron chi connectivity index (χ4n) is 2.13. The second-order valence-corrected chi connectivity index (χ2v) is 6.24. The Morgan fingerprint density at radius 1 is 1.35 bits per heavy atom. The Hall–Kier alpha value is -1.55. The Balaban J connectivity index is 2.90. The average molecular weight is 278 g/mol. The lowest BCUT2D eigenvalue weighted by atomic mass is 9.83. The van der Waals surface area contributed by atoms with Crippen molar-refractivity contribution in [3.05, 3.63) is 28.8 Å². The molecule has 0 bridgehead atoms. The number of aryl methyl sites for hydroxylation is 1. The Bertz CT molecular complexity index is 476. The van der Waals surface area contributed by atoms with E-state index in [1.807, 2.05) is 39.8 Å². The molecule has 0 atom stereocenters. The average Bonchev–Trinajstić information content (AvgIpc) is 2.32. The van der Waals surface area contributed by atoms with Gasteiger partial charge in [-0.1, -0.05) is 38.5 Å². The summed E-state index contributed by atoms with van der Waals surface area (Å²) < 4.78 is 0. The number of hydrogen-bond acceptors (Lipinski definition) is 3. The standard InChI is InChI=1S/C16H26N2O2/c1-11-8-12(10-14(19)18-7-5-6-17)15(20)13(9-11)16(2,3)4/h8-9,20H,5-7,10,17H2,1-4H3,(H,18,19). The van der Waals surface area contributed by atoms with Gasteiger partial charge in [-0.05, 0) is 30.9 Å². The predicted molar refractivity (Wildman–Crippen MR) is 81.9 cm³/mol. The van der Waals surface area contributed by atoms with Crippen molar-refractivity contribution >= 4 is 5.91 Å². The van der Waals surface area contributed by atoms with E-state index in [9.17, 15) is 9.90 Å². The van der Waals surface area contributed by atoms with Crippen LogP contribution in [0.15, 0.2) is 12.1 Å². The molecule has 0 saturated carbocycles. The van der Waals surface area contributed by atoms with Crippen LogP contribution in [0.2, 0.25) is 0 Å². The highest BCUT2D eigenvalue weighted by atomic mass is 16.3. The number of phenolic OH excluding ortho intramolecular Hbond substituents is 1. The Morgan fingerprint density at radius 2 is 2.00 bits per heavy atom. The molecule has 1 rings (SSSR count). The first kappa shape index (κ1) is 16.5. The molecular weight excluding hydrogens is 252 g/mol. The van der Waals surface area contributed by atoms with E-state index in [1.165, 1.54) is 0 Å². The van der Waals surface area contributed by atoms with Gasteiger partial charge in [-0.3, -0.25) is 4.79 Å². The number of nitrogens with one attached hydrogen (secondary N) is 1. The first-order valence-electron chi connectivity index (χ1n) is 7.05. The van der Waals surface area contributed by atoms with Gasteiger partial charge < -0.3 is 16.2 Å². The quantitative estimate of drug-likeness (QED) is 0.721. The third kappa shape index (κ3) is 4.53. The number of rotatable bonds is 5. The normalized spacial score (nSPS) is 11.4. The van der Waals surface area contributed by atoms with Crippen LogP contribution in [0.3, 0.4) is 0 Å². The van der Waals surface area contributed by atoms with Gasteiger partial charge in [-0.25, -0.2) is 0 Å². The predicted octanol–water partition coefficient (Wildman–Crippen LogP) is 2.01. The number of aromatic hydroxyl groups is 1. The maximum atomic E-state index is 11.8. The van der Waals surface area contributed by atoms with E-state index in [0.717, 1.165) is 17.5 Å². The zero-order chi connectivity index (χ0) is 15.3. The second kappa shape index (κ2) is 6.75. The van der Waals surface area contributed by atoms with Gasteiger partial charge >= 0.3 is 0 Å². The highest BCUT2D eigenvalue weighted by Crippen LogP contribution is 2.34. The molecule has 0 aliphatic heterocycles. The van der Waals surface area contributed by atoms with Crippen LogP contribution in [0.25, 0.3) is 0 Å². The monoisotopic (exact) mass is 278 g/mol. The number of nitrogens with two attached hydrogens (primary N) is 1. The van der Waals surface area contributed by atoms with E-state index in [-0.39, 0.29) is 23.5 Å². The molecule has 112 valence electrons. The van der Waals surface area contributed by atoms with E-state index >= 15 is 0 Å². The van der Waals surface area contributed by atoms with Gasteiger partial charge in [0.1, 0.15) is 5.75 Å². The highest BCUT2D eigenvalue weighted by molar-refractivity contribution is 5.79. The zero-order valence-corrected chi connectivity index (χ0v) is 12.9. The van der Waals surface area contributed by atoms with Gasteiger partial charge in [0.05, 0.1) is 6.42 Å². The fourth-order valence-corrected chi connectivity index (χ4v) is 2.13. The van der Waals surface area contributed by atoms with E-state index < -0.39 is 0 Å². The van der Waals surface area contributed by atoms with Gasteiger partial charge in [-0.2, -0.15) is 0 Å². The Kier molecular flexibility index (Phi) is 5.57. The van der Waals surface area contributed by atoms with Crippen molar-refractivity contribution in [2.75, 3.05) is 13.1 Å². The highest BCUT2D eigenvalue weighted by Gasteiger charge is 2.21. The maximum absolute atomic E-state index is 11.8. The smallest absolute Gasteiger partial charge is 0.224 e. The van der Waals surface area contributed by atoms with Crippen LogP contribution in [-0.4, -0.2) is 24.1 Å². The van der Waals surface area contributed by atoms with Crippen molar-refractivity contribution in [2.24, 2.45) is 5.73 Å². The third-order valence-electron chi connectivity index (χ3n) is 3.20. The summed E-state index contributed by atoms with van der Waals surface area (Å²) in [6, 6.07) is 3.85. The molecule has 0 heterocycles. The third-order valence-corrected chi connectivity index (χ3v) is 3.20. The van der Waals surface area contributed by atoms with Crippen molar-refractivity contribution in [1.82, 2.24) is 5.32 Å². The fraction of sp³-hybridized carbons (Fsp3) is 0.562. The van der Waals surface area contributed by atoms with Crippen LogP contribution in [0, 0.1) is 6.92 Å². The van der Waals surface area contributed by atoms with E-state index in [0.29, 0.717) is 18.7 Å². The van der Waals surface area contributed by atoms with Gasteiger partial charge in [0.15, 0.2) is 0 Å². The van der Waals surface area contributed by atoms with Gasteiger partial charge in [0, 0.05) is 12.1 Å². The maximum Gasteiger partial charge on any atom is 0.224 e. The molecule has 0 fully saturated rings. The molecule has 1 amide bonds. The lowest BCUT2D eigenvalue weighted by Gasteiger charge is -2.23. The molecular formula is C16H26N2O2. The molecule has 1 aromatic rings. The minimum atomic E-state index is -0.152. The van der Waals surface area contributed by atoms with Gasteiger partial charge in [0.25, 0.3) is 0 Å². The summed E-state index contributed by atoms with van der Waals surface area (Å²) in [5.41, 5.74) is 7.85. The lowest BCUT2D eigenvalue weighted by molar-refractivity contribution is -0.120. The second-order valence-electron chi connectivity index (χ2n) is 6.24. The minimum absolute atomic E-state index is 0.0841. The summed E-state index contributed by atoms with van der Waals surface area (Å²) >= 11 is 0. The summed E-state index contributed by atoms with van der Waals surface area (Å²) in [4.78, 5) is 11.8. The topological polar surface area (TPSA) is 75.4 Å². The molecule has 0 saturated heterocycles. The molecule has 4 nitrogen and oxygen atoms in total. The summed E-state index contributed by atoms with van der Waals surface area (Å²) in [5, 5.41) is 13.2. The zero-order valence-electron chi connectivity index (χ0n) is 12.9. The molecule has 0 aliphatic rings. The van der Waals surface area contributed by atoms with Crippen molar-refractivity contribution in [2.45, 2.75) is 46.0 Å². The molecule has 0 unspecified atom stereocenters. The van der Waals surface area contributed by atoms with Gasteiger partial charge in [-0.15, -0.1) is 0 Å². The number of phenols is 1. The molecule has 0 spiro atoms. The summed E-state index contributed by atoms with van der Waals surface area (Å²) in [6.45, 7) is 9.26. The molecule has 0 radical (unpaired) electrons. The minimum Gasteiger partial charge on any atom is -0.507 e. The van der Waals surface area contributed by atoms with Crippen LogP contribution in [0.4, 0.5) is 0 Å². The van der Waals surface area contributed by atoms with Crippen LogP contribution in [-0.2, 0) is 16.6 Å². The van der Waals surface area contributed by atoms with Crippen molar-refractivity contribution in [3.8, 4) is 5.75 Å². The van der Waals surface area contributed by atoms with E-state index in [4.69, 9.17) is 5.73 Å². The first-order chi connectivity index (χ1) is 9.25. The van der Waals surface area contributed by atoms with E-state index in [2.05, 4.69) is 5.32 Å². The number of hydrogen-bond donors (Lipinski definition) is 3. The molecule has 1 aromatic carbocycles. The van der Waals surface area contributed by atoms with Crippen molar-refractivity contribution in [1.29, 1.82) is 0 Å². The van der Waals surface area contributed by atoms with Crippen molar-refractivity contribution in [3.63, 3.8) is 0 Å². The SMILES string of the molecule is Cc1cc(CC(=O)NCCCN)c(O)c(C(C)(C)C)c1. The molecule has 4 heteroatoms. The van der Waals surface area contributed by atoms with Gasteiger partial charge in [0.2, 0.25) is 5.91 Å². The molecule has 4 N–H and O–H groups in total. The largest absolute Gasteiger partial charge is 0.507 e. The Morgan fingerprint density at radius 3 is 2.55 bits per heavy atom. The number of carbonyl (C=O) groups is 1. The molecule has 20 heavy (non-hydrogen) atoms. The van der Waals surface area contributed by atoms with E-state index in [1.54, 1.807) is 0 Å². The molecule has 0 aliphatic carbocycles. The van der Waals surface area contributed by atoms with Crippen LogP contribution >= 0.6 is 0 Å². The number of amides is 1. The van der Waals surface area contributed by atoms with Crippen molar-refractivity contribution < 1.29 is 9.90 Å². The number of carbonyl (C=O) groups excluding carboxylic acids is 1. The molecule has 0 aromatic heterocycles. The summed E-state index contributed by atoms with van der Waals surface area (Å²) in [5.74, 6) is 0.149. The lowest BCUT2D eigenvalue weighted by Crippen LogP contribution is -2.27. The van der Waals surface area contributed by atoms with Crippen LogP contribution in [0.1, 0.15) is 43.9 Å². The summed E-state index contributed by atoms with van der Waals surface area (Å²) in [6.07, 6.45) is 0.958. The van der Waals surface area contributed by atoms with Crippen LogP contribution in [0.5, 0.6) is 5.75 Å². The van der Waals surface area contributed by atoms with Crippen LogP contribution < -0.4 is 11.1 Å². The Labute approximate surface area is 121 Å². The first-order valence-corrected chi connectivity index (χ1v) is 7.05.